The van der Waals surface area contributed by atoms with Crippen molar-refractivity contribution in [2.75, 3.05) is 10.7 Å². The minimum absolute atomic E-state index is 0.153. The molecule has 0 aliphatic carbocycles. The lowest BCUT2D eigenvalue weighted by Gasteiger charge is -2.25. The second-order valence-electron chi connectivity index (χ2n) is 4.99. The van der Waals surface area contributed by atoms with Crippen LogP contribution in [0.25, 0.3) is 0 Å². The van der Waals surface area contributed by atoms with Crippen LogP contribution in [0.15, 0.2) is 48.5 Å². The van der Waals surface area contributed by atoms with Crippen LogP contribution in [0.3, 0.4) is 0 Å². The van der Waals surface area contributed by atoms with E-state index in [0.29, 0.717) is 10.7 Å². The Morgan fingerprint density at radius 2 is 1.74 bits per heavy atom. The fourth-order valence-corrected chi connectivity index (χ4v) is 3.94. The van der Waals surface area contributed by atoms with E-state index < -0.39 is 11.7 Å². The Balaban J connectivity index is 1.96. The van der Waals surface area contributed by atoms with Crippen LogP contribution >= 0.6 is 23.4 Å². The van der Waals surface area contributed by atoms with Crippen molar-refractivity contribution in [1.82, 2.24) is 0 Å². The van der Waals surface area contributed by atoms with Crippen molar-refractivity contribution in [2.24, 2.45) is 0 Å². The number of benzene rings is 2. The molecule has 0 spiro atoms. The van der Waals surface area contributed by atoms with E-state index in [1.54, 1.807) is 12.1 Å². The number of alkyl halides is 3. The molecular weight excluding hydrogens is 347 g/mol. The summed E-state index contributed by atoms with van der Waals surface area (Å²) in [4.78, 5) is 13.7. The second kappa shape index (κ2) is 6.09. The number of thioether (sulfide) groups is 1. The number of rotatable bonds is 2. The summed E-state index contributed by atoms with van der Waals surface area (Å²) in [5.41, 5.74) is 0.456. The number of hydrogen-bond donors (Lipinski definition) is 0. The van der Waals surface area contributed by atoms with Crippen molar-refractivity contribution in [1.29, 1.82) is 0 Å². The van der Waals surface area contributed by atoms with Gasteiger partial charge in [0, 0.05) is 16.3 Å². The van der Waals surface area contributed by atoms with E-state index in [4.69, 9.17) is 11.6 Å². The van der Waals surface area contributed by atoms with Gasteiger partial charge >= 0.3 is 6.18 Å². The van der Waals surface area contributed by atoms with Crippen molar-refractivity contribution in [2.45, 2.75) is 11.6 Å². The molecule has 1 aliphatic heterocycles. The molecule has 0 saturated carbocycles. The van der Waals surface area contributed by atoms with Crippen molar-refractivity contribution >= 4 is 35.0 Å². The molecule has 23 heavy (non-hydrogen) atoms. The van der Waals surface area contributed by atoms with E-state index in [2.05, 4.69) is 0 Å². The Morgan fingerprint density at radius 1 is 1.09 bits per heavy atom. The maximum atomic E-state index is 12.7. The van der Waals surface area contributed by atoms with E-state index in [-0.39, 0.29) is 17.0 Å². The molecule has 1 fully saturated rings. The third kappa shape index (κ3) is 3.19. The molecule has 0 aromatic heterocycles. The van der Waals surface area contributed by atoms with Crippen LogP contribution in [0.4, 0.5) is 18.9 Å². The first-order valence-corrected chi connectivity index (χ1v) is 8.16. The smallest absolute Gasteiger partial charge is 0.295 e. The van der Waals surface area contributed by atoms with Crippen LogP contribution in [0, 0.1) is 0 Å². The molecule has 0 N–H and O–H groups in total. The lowest BCUT2D eigenvalue weighted by Crippen LogP contribution is -2.28. The van der Waals surface area contributed by atoms with Crippen LogP contribution < -0.4 is 4.90 Å². The summed E-state index contributed by atoms with van der Waals surface area (Å²) >= 11 is 7.59. The van der Waals surface area contributed by atoms with Gasteiger partial charge in [-0.1, -0.05) is 29.8 Å². The van der Waals surface area contributed by atoms with E-state index in [1.807, 2.05) is 12.1 Å². The van der Waals surface area contributed by atoms with Gasteiger partial charge in [-0.2, -0.15) is 13.2 Å². The minimum Gasteiger partial charge on any atom is -0.295 e. The van der Waals surface area contributed by atoms with Crippen LogP contribution in [0.2, 0.25) is 5.02 Å². The average molecular weight is 358 g/mol. The summed E-state index contributed by atoms with van der Waals surface area (Å²) in [5.74, 6) is 0.108. The van der Waals surface area contributed by atoms with Gasteiger partial charge in [0.15, 0.2) is 0 Å². The Hall–Kier alpha value is -1.66. The normalized spacial score (nSPS) is 18.5. The third-order valence-electron chi connectivity index (χ3n) is 3.51. The van der Waals surface area contributed by atoms with E-state index in [0.717, 1.165) is 17.7 Å². The highest BCUT2D eigenvalue weighted by Gasteiger charge is 2.36. The molecule has 120 valence electrons. The molecule has 2 aromatic carbocycles. The zero-order chi connectivity index (χ0) is 16.6. The number of amides is 1. The number of carbonyl (C=O) groups excluding carboxylic acids is 1. The maximum absolute atomic E-state index is 12.7. The molecule has 1 aliphatic rings. The van der Waals surface area contributed by atoms with Gasteiger partial charge in [0.05, 0.1) is 11.3 Å². The van der Waals surface area contributed by atoms with Gasteiger partial charge in [-0.25, -0.2) is 0 Å². The number of hydrogen-bond acceptors (Lipinski definition) is 2. The van der Waals surface area contributed by atoms with Crippen molar-refractivity contribution in [3.63, 3.8) is 0 Å². The van der Waals surface area contributed by atoms with Gasteiger partial charge in [-0.05, 0) is 30.3 Å². The Labute approximate surface area is 140 Å². The maximum Gasteiger partial charge on any atom is 0.416 e. The summed E-state index contributed by atoms with van der Waals surface area (Å²) in [6.45, 7) is 0. The fraction of sp³-hybridized carbons (Fsp3) is 0.188. The van der Waals surface area contributed by atoms with E-state index in [9.17, 15) is 18.0 Å². The lowest BCUT2D eigenvalue weighted by molar-refractivity contribution is -0.137. The van der Waals surface area contributed by atoms with Gasteiger partial charge < -0.3 is 0 Å². The highest BCUT2D eigenvalue weighted by Crippen LogP contribution is 2.44. The molecule has 1 amide bonds. The van der Waals surface area contributed by atoms with Crippen molar-refractivity contribution in [3.8, 4) is 0 Å². The Kier molecular flexibility index (Phi) is 4.29. The first kappa shape index (κ1) is 16.2. The summed E-state index contributed by atoms with van der Waals surface area (Å²) < 4.78 is 38.0. The standard InChI is InChI=1S/C16H11ClF3NOS/c17-13-4-2-1-3-12(13)15-21(14(22)9-23-15)11-7-5-10(6-8-11)16(18,19)20/h1-8,15H,9H2/t15-/m0/s1. The number of nitrogens with zero attached hydrogens (tertiary/aromatic N) is 1. The van der Waals surface area contributed by atoms with Gasteiger partial charge in [-0.3, -0.25) is 9.69 Å². The molecule has 7 heteroatoms. The molecule has 1 saturated heterocycles. The summed E-state index contributed by atoms with van der Waals surface area (Å²) in [6, 6.07) is 11.7. The highest BCUT2D eigenvalue weighted by molar-refractivity contribution is 8.00. The zero-order valence-electron chi connectivity index (χ0n) is 11.7. The topological polar surface area (TPSA) is 20.3 Å². The summed E-state index contributed by atoms with van der Waals surface area (Å²) in [7, 11) is 0. The first-order valence-electron chi connectivity index (χ1n) is 6.73. The predicted molar refractivity (Wildman–Crippen MR) is 85.6 cm³/mol. The molecule has 2 nitrogen and oxygen atoms in total. The molecule has 2 aromatic rings. The van der Waals surface area contributed by atoms with Gasteiger partial charge in [0.25, 0.3) is 0 Å². The van der Waals surface area contributed by atoms with Gasteiger partial charge in [0.1, 0.15) is 5.37 Å². The van der Waals surface area contributed by atoms with E-state index in [1.165, 1.54) is 28.8 Å². The summed E-state index contributed by atoms with van der Waals surface area (Å²) in [5, 5.41) is 0.185. The Morgan fingerprint density at radius 3 is 2.35 bits per heavy atom. The highest BCUT2D eigenvalue weighted by atomic mass is 35.5. The van der Waals surface area contributed by atoms with Crippen molar-refractivity contribution in [3.05, 3.63) is 64.7 Å². The Bertz CT molecular complexity index is 733. The van der Waals surface area contributed by atoms with Crippen LogP contribution in [-0.2, 0) is 11.0 Å². The summed E-state index contributed by atoms with van der Waals surface area (Å²) in [6.07, 6.45) is -4.40. The molecule has 0 bridgehead atoms. The lowest BCUT2D eigenvalue weighted by atomic mass is 10.1. The monoisotopic (exact) mass is 357 g/mol. The predicted octanol–water partition coefficient (Wildman–Crippen LogP) is 5.14. The molecule has 0 unspecified atom stereocenters. The largest absolute Gasteiger partial charge is 0.416 e. The number of halogens is 4. The van der Waals surface area contributed by atoms with E-state index >= 15 is 0 Å². The van der Waals surface area contributed by atoms with Crippen LogP contribution in [0.5, 0.6) is 0 Å². The van der Waals surface area contributed by atoms with Crippen molar-refractivity contribution < 1.29 is 18.0 Å². The molecule has 1 atom stereocenters. The number of anilines is 1. The van der Waals surface area contributed by atoms with Gasteiger partial charge in [-0.15, -0.1) is 11.8 Å². The molecule has 3 rings (SSSR count). The first-order chi connectivity index (χ1) is 10.9. The SMILES string of the molecule is O=C1CS[C@@H](c2ccccc2Cl)N1c1ccc(C(F)(F)F)cc1. The third-order valence-corrected chi connectivity index (χ3v) is 5.05. The average Bonchev–Trinajstić information content (AvgIpc) is 2.88. The molecular formula is C16H11ClF3NOS. The number of carbonyl (C=O) groups is 1. The fourth-order valence-electron chi connectivity index (χ4n) is 2.42. The van der Waals surface area contributed by atoms with Crippen LogP contribution in [-0.4, -0.2) is 11.7 Å². The molecule has 1 heterocycles. The van der Waals surface area contributed by atoms with Gasteiger partial charge in [0.2, 0.25) is 5.91 Å². The quantitative estimate of drug-likeness (QED) is 0.742. The second-order valence-corrected chi connectivity index (χ2v) is 6.47. The zero-order valence-corrected chi connectivity index (χ0v) is 13.3. The minimum atomic E-state index is -4.40. The van der Waals surface area contributed by atoms with Crippen LogP contribution in [0.1, 0.15) is 16.5 Å². The molecule has 0 radical (unpaired) electrons.